The first kappa shape index (κ1) is 18.1. The van der Waals surface area contributed by atoms with E-state index in [-0.39, 0.29) is 16.9 Å². The summed E-state index contributed by atoms with van der Waals surface area (Å²) in [5.41, 5.74) is -0.662. The Morgan fingerprint density at radius 2 is 1.36 bits per heavy atom. The van der Waals surface area contributed by atoms with Crippen LogP contribution in [0.1, 0.15) is 31.1 Å². The van der Waals surface area contributed by atoms with Crippen molar-refractivity contribution in [2.75, 3.05) is 14.2 Å². The highest BCUT2D eigenvalue weighted by atomic mass is 19.1. The average molecular weight is 350 g/mol. The molecule has 0 atom stereocenters. The molecule has 0 amide bonds. The van der Waals surface area contributed by atoms with Crippen LogP contribution in [0.5, 0.6) is 5.75 Å². The highest BCUT2D eigenvalue weighted by Crippen LogP contribution is 2.21. The van der Waals surface area contributed by atoms with Crippen LogP contribution in [0.25, 0.3) is 0 Å². The van der Waals surface area contributed by atoms with Crippen LogP contribution in [-0.4, -0.2) is 32.1 Å². The fraction of sp³-hybridized carbons (Fsp3) is 0.118. The van der Waals surface area contributed by atoms with Crippen molar-refractivity contribution < 1.29 is 37.4 Å². The second kappa shape index (κ2) is 7.52. The number of esters is 3. The van der Waals surface area contributed by atoms with Crippen LogP contribution in [0.4, 0.5) is 8.78 Å². The molecule has 0 heterocycles. The second-order valence-electron chi connectivity index (χ2n) is 4.74. The van der Waals surface area contributed by atoms with Crippen molar-refractivity contribution in [3.63, 3.8) is 0 Å². The number of ether oxygens (including phenoxy) is 3. The number of rotatable bonds is 4. The second-order valence-corrected chi connectivity index (χ2v) is 4.74. The van der Waals surface area contributed by atoms with E-state index in [1.54, 1.807) is 0 Å². The quantitative estimate of drug-likeness (QED) is 0.623. The fourth-order valence-corrected chi connectivity index (χ4v) is 1.95. The van der Waals surface area contributed by atoms with Crippen LogP contribution in [0.3, 0.4) is 0 Å². The Balaban J connectivity index is 2.38. The summed E-state index contributed by atoms with van der Waals surface area (Å²) in [6, 6.07) is 5.80. The predicted molar refractivity (Wildman–Crippen MR) is 80.4 cm³/mol. The normalized spacial score (nSPS) is 10.1. The average Bonchev–Trinajstić information content (AvgIpc) is 2.59. The zero-order valence-corrected chi connectivity index (χ0v) is 13.2. The van der Waals surface area contributed by atoms with E-state index in [0.29, 0.717) is 6.07 Å². The Labute approximate surface area is 140 Å². The molecule has 0 aliphatic heterocycles. The molecule has 2 aromatic rings. The third-order valence-electron chi connectivity index (χ3n) is 3.11. The maximum absolute atomic E-state index is 13.6. The van der Waals surface area contributed by atoms with Gasteiger partial charge in [-0.25, -0.2) is 23.2 Å². The Morgan fingerprint density at radius 3 is 1.84 bits per heavy atom. The molecule has 25 heavy (non-hydrogen) atoms. The van der Waals surface area contributed by atoms with Gasteiger partial charge in [0.2, 0.25) is 0 Å². The largest absolute Gasteiger partial charge is 0.465 e. The fourth-order valence-electron chi connectivity index (χ4n) is 1.95. The van der Waals surface area contributed by atoms with Gasteiger partial charge in [-0.15, -0.1) is 0 Å². The van der Waals surface area contributed by atoms with Crippen LogP contribution in [-0.2, 0) is 9.47 Å². The maximum atomic E-state index is 13.6. The van der Waals surface area contributed by atoms with Crippen LogP contribution >= 0.6 is 0 Å². The lowest BCUT2D eigenvalue weighted by molar-refractivity contribution is 0.0593. The summed E-state index contributed by atoms with van der Waals surface area (Å²) < 4.78 is 40.6. The van der Waals surface area contributed by atoms with Gasteiger partial charge in [0, 0.05) is 6.07 Å². The summed E-state index contributed by atoms with van der Waals surface area (Å²) >= 11 is 0. The molecule has 0 aliphatic carbocycles. The van der Waals surface area contributed by atoms with Gasteiger partial charge >= 0.3 is 17.9 Å². The summed E-state index contributed by atoms with van der Waals surface area (Å²) in [4.78, 5) is 35.3. The monoisotopic (exact) mass is 350 g/mol. The number of hydrogen-bond acceptors (Lipinski definition) is 6. The van der Waals surface area contributed by atoms with E-state index in [4.69, 9.17) is 4.74 Å². The molecule has 0 radical (unpaired) electrons. The molecule has 6 nitrogen and oxygen atoms in total. The molecule has 2 aromatic carbocycles. The molecule has 0 N–H and O–H groups in total. The minimum Gasteiger partial charge on any atom is -0.465 e. The van der Waals surface area contributed by atoms with Gasteiger partial charge in [0.05, 0.1) is 30.9 Å². The van der Waals surface area contributed by atoms with Crippen LogP contribution < -0.4 is 4.74 Å². The van der Waals surface area contributed by atoms with Crippen molar-refractivity contribution in [2.24, 2.45) is 0 Å². The molecule has 0 bridgehead atoms. The van der Waals surface area contributed by atoms with E-state index in [1.807, 2.05) is 0 Å². The van der Waals surface area contributed by atoms with Gasteiger partial charge in [0.15, 0.2) is 0 Å². The lowest BCUT2D eigenvalue weighted by Crippen LogP contribution is -2.13. The zero-order valence-electron chi connectivity index (χ0n) is 13.2. The molecule has 0 saturated heterocycles. The van der Waals surface area contributed by atoms with Crippen LogP contribution in [0, 0.1) is 11.6 Å². The predicted octanol–water partition coefficient (Wildman–Crippen LogP) is 2.76. The van der Waals surface area contributed by atoms with Crippen molar-refractivity contribution in [2.45, 2.75) is 0 Å². The first-order chi connectivity index (χ1) is 11.8. The molecular formula is C17H12F2O6. The van der Waals surface area contributed by atoms with Crippen molar-refractivity contribution in [1.29, 1.82) is 0 Å². The molecule has 0 aromatic heterocycles. The molecular weight excluding hydrogens is 338 g/mol. The highest BCUT2D eigenvalue weighted by molar-refractivity contribution is 5.97. The van der Waals surface area contributed by atoms with Gasteiger partial charge in [-0.2, -0.15) is 0 Å². The summed E-state index contributed by atoms with van der Waals surface area (Å²) in [6.07, 6.45) is 0. The molecule has 0 saturated carbocycles. The number of hydrogen-bond donors (Lipinski definition) is 0. The van der Waals surface area contributed by atoms with Crippen LogP contribution in [0.15, 0.2) is 36.4 Å². The number of carbonyl (C=O) groups excluding carboxylic acids is 3. The Morgan fingerprint density at radius 1 is 0.800 bits per heavy atom. The minimum absolute atomic E-state index is 0.0761. The molecule has 0 fully saturated rings. The molecule has 130 valence electrons. The molecule has 8 heteroatoms. The number of methoxy groups -OCH3 is 2. The first-order valence-electron chi connectivity index (χ1n) is 6.84. The minimum atomic E-state index is -1.13. The Kier molecular flexibility index (Phi) is 5.43. The third-order valence-corrected chi connectivity index (χ3v) is 3.11. The molecule has 0 spiro atoms. The lowest BCUT2D eigenvalue weighted by atomic mass is 10.1. The Bertz CT molecular complexity index is 813. The van der Waals surface area contributed by atoms with Gasteiger partial charge in [0.1, 0.15) is 17.4 Å². The van der Waals surface area contributed by atoms with E-state index in [1.165, 1.54) is 6.07 Å². The molecule has 2 rings (SSSR count). The summed E-state index contributed by atoms with van der Waals surface area (Å²) in [6.45, 7) is 0. The number of carbonyl (C=O) groups is 3. The number of benzene rings is 2. The van der Waals surface area contributed by atoms with E-state index < -0.39 is 35.1 Å². The summed E-state index contributed by atoms with van der Waals surface area (Å²) in [5.74, 6) is -4.86. The van der Waals surface area contributed by atoms with Crippen molar-refractivity contribution in [3.8, 4) is 5.75 Å². The van der Waals surface area contributed by atoms with Gasteiger partial charge in [-0.05, 0) is 30.3 Å². The summed E-state index contributed by atoms with van der Waals surface area (Å²) in [5, 5.41) is 0. The third kappa shape index (κ3) is 4.17. The summed E-state index contributed by atoms with van der Waals surface area (Å²) in [7, 11) is 2.26. The van der Waals surface area contributed by atoms with Gasteiger partial charge in [0.25, 0.3) is 0 Å². The molecule has 0 unspecified atom stereocenters. The van der Waals surface area contributed by atoms with E-state index in [9.17, 15) is 23.2 Å². The first-order valence-corrected chi connectivity index (χ1v) is 6.84. The standard InChI is InChI=1S/C17H12F2O6/c1-23-15(20)9-5-10(16(21)24-2)7-12(6-9)25-17(22)13-4-3-11(18)8-14(13)19/h3-8H,1-2H3. The maximum Gasteiger partial charge on any atom is 0.346 e. The van der Waals surface area contributed by atoms with Gasteiger partial charge in [-0.1, -0.05) is 0 Å². The highest BCUT2D eigenvalue weighted by Gasteiger charge is 2.19. The van der Waals surface area contributed by atoms with E-state index >= 15 is 0 Å². The molecule has 0 aliphatic rings. The van der Waals surface area contributed by atoms with E-state index in [0.717, 1.165) is 38.5 Å². The van der Waals surface area contributed by atoms with E-state index in [2.05, 4.69) is 9.47 Å². The number of halogens is 2. The van der Waals surface area contributed by atoms with Gasteiger partial charge in [-0.3, -0.25) is 0 Å². The van der Waals surface area contributed by atoms with Gasteiger partial charge < -0.3 is 14.2 Å². The van der Waals surface area contributed by atoms with Crippen molar-refractivity contribution >= 4 is 17.9 Å². The van der Waals surface area contributed by atoms with Crippen molar-refractivity contribution in [3.05, 3.63) is 64.7 Å². The smallest absolute Gasteiger partial charge is 0.346 e. The SMILES string of the molecule is COC(=O)c1cc(OC(=O)c2ccc(F)cc2F)cc(C(=O)OC)c1. The van der Waals surface area contributed by atoms with Crippen LogP contribution in [0.2, 0.25) is 0 Å². The lowest BCUT2D eigenvalue weighted by Gasteiger charge is -2.09. The Hall–Kier alpha value is -3.29. The van der Waals surface area contributed by atoms with Crippen molar-refractivity contribution in [1.82, 2.24) is 0 Å². The topological polar surface area (TPSA) is 78.9 Å². The zero-order chi connectivity index (χ0) is 18.6.